The number of aromatic nitrogens is 3. The average Bonchev–Trinajstić information content (AvgIpc) is 3.20. The number of amides is 1. The number of carbonyl (C=O) groups is 1. The normalized spacial score (nSPS) is 10.9. The second-order valence-electron chi connectivity index (χ2n) is 7.87. The highest BCUT2D eigenvalue weighted by Crippen LogP contribution is 2.26. The Kier molecular flexibility index (Phi) is 7.12. The van der Waals surface area contributed by atoms with Crippen LogP contribution in [-0.4, -0.2) is 32.6 Å². The summed E-state index contributed by atoms with van der Waals surface area (Å²) in [4.78, 5) is 14.9. The highest BCUT2D eigenvalue weighted by atomic mass is 32.2. The Morgan fingerprint density at radius 2 is 1.65 bits per heavy atom. The number of nitrogens with zero attached hydrogens (tertiary/aromatic N) is 4. The zero-order valence-electron chi connectivity index (χ0n) is 18.9. The van der Waals surface area contributed by atoms with Gasteiger partial charge in [0.15, 0.2) is 5.82 Å². The summed E-state index contributed by atoms with van der Waals surface area (Å²) in [6, 6.07) is 23.4. The minimum Gasteiger partial charge on any atom is -0.356 e. The van der Waals surface area contributed by atoms with Gasteiger partial charge in [0, 0.05) is 28.7 Å². The SMILES string of the molecule is CC(C)N(C(=O)CSc1nnc(-c2ccc(F)cc2)n1N)c1ccc(Nc2ccccc2)cc1. The number of nitrogens with one attached hydrogen (secondary N) is 1. The van der Waals surface area contributed by atoms with Crippen LogP contribution < -0.4 is 16.1 Å². The van der Waals surface area contributed by atoms with Crippen LogP contribution in [0.2, 0.25) is 0 Å². The van der Waals surface area contributed by atoms with Gasteiger partial charge >= 0.3 is 0 Å². The van der Waals surface area contributed by atoms with Gasteiger partial charge in [-0.25, -0.2) is 9.07 Å². The maximum absolute atomic E-state index is 13.2. The van der Waals surface area contributed by atoms with Gasteiger partial charge < -0.3 is 16.1 Å². The largest absolute Gasteiger partial charge is 0.356 e. The average molecular weight is 477 g/mol. The molecule has 1 amide bonds. The van der Waals surface area contributed by atoms with Crippen molar-refractivity contribution >= 4 is 34.7 Å². The molecule has 4 rings (SSSR count). The fourth-order valence-electron chi connectivity index (χ4n) is 3.49. The summed E-state index contributed by atoms with van der Waals surface area (Å²) in [6.45, 7) is 3.94. The molecule has 0 aliphatic carbocycles. The molecule has 0 saturated heterocycles. The first-order chi connectivity index (χ1) is 16.4. The molecule has 9 heteroatoms. The molecule has 3 aromatic carbocycles. The van der Waals surface area contributed by atoms with E-state index in [9.17, 15) is 9.18 Å². The van der Waals surface area contributed by atoms with Crippen molar-refractivity contribution in [3.63, 3.8) is 0 Å². The maximum Gasteiger partial charge on any atom is 0.237 e. The summed E-state index contributed by atoms with van der Waals surface area (Å²) < 4.78 is 14.5. The van der Waals surface area contributed by atoms with E-state index in [0.29, 0.717) is 16.5 Å². The number of rotatable bonds is 8. The van der Waals surface area contributed by atoms with Gasteiger partial charge in [0.2, 0.25) is 11.1 Å². The number of nitrogen functional groups attached to an aromatic ring is 1. The van der Waals surface area contributed by atoms with Crippen molar-refractivity contribution in [2.75, 3.05) is 21.8 Å². The molecule has 1 heterocycles. The summed E-state index contributed by atoms with van der Waals surface area (Å²) in [5.74, 6) is 6.25. The first-order valence-corrected chi connectivity index (χ1v) is 11.7. The lowest BCUT2D eigenvalue weighted by molar-refractivity contribution is -0.116. The minimum absolute atomic E-state index is 0.0356. The van der Waals surface area contributed by atoms with Gasteiger partial charge in [0.05, 0.1) is 5.75 Å². The number of para-hydroxylation sites is 1. The molecule has 7 nitrogen and oxygen atoms in total. The van der Waals surface area contributed by atoms with Crippen molar-refractivity contribution in [3.05, 3.63) is 84.7 Å². The van der Waals surface area contributed by atoms with Crippen LogP contribution in [0.4, 0.5) is 21.5 Å². The summed E-state index contributed by atoms with van der Waals surface area (Å²) in [5, 5.41) is 11.9. The van der Waals surface area contributed by atoms with E-state index in [4.69, 9.17) is 5.84 Å². The molecule has 0 fully saturated rings. The summed E-state index contributed by atoms with van der Waals surface area (Å²) in [5.41, 5.74) is 3.38. The lowest BCUT2D eigenvalue weighted by atomic mass is 10.2. The van der Waals surface area contributed by atoms with Gasteiger partial charge in [-0.3, -0.25) is 4.79 Å². The van der Waals surface area contributed by atoms with Crippen LogP contribution >= 0.6 is 11.8 Å². The van der Waals surface area contributed by atoms with Crippen LogP contribution in [0.3, 0.4) is 0 Å². The number of hydrogen-bond acceptors (Lipinski definition) is 6. The predicted octanol–water partition coefficient (Wildman–Crippen LogP) is 5.08. The zero-order chi connectivity index (χ0) is 24.1. The van der Waals surface area contributed by atoms with E-state index in [2.05, 4.69) is 15.5 Å². The Balaban J connectivity index is 1.43. The third-order valence-electron chi connectivity index (χ3n) is 5.08. The molecule has 0 saturated carbocycles. The Morgan fingerprint density at radius 1 is 1.00 bits per heavy atom. The second-order valence-corrected chi connectivity index (χ2v) is 8.81. The fourth-order valence-corrected chi connectivity index (χ4v) is 4.21. The van der Waals surface area contributed by atoms with Gasteiger partial charge in [-0.05, 0) is 74.5 Å². The van der Waals surface area contributed by atoms with E-state index in [1.807, 2.05) is 68.4 Å². The van der Waals surface area contributed by atoms with Crippen molar-refractivity contribution in [1.29, 1.82) is 0 Å². The molecule has 0 aliphatic rings. The summed E-state index contributed by atoms with van der Waals surface area (Å²) >= 11 is 1.21. The standard InChI is InChI=1S/C25H25FN6OS/c1-17(2)31(22-14-12-21(13-15-22)28-20-6-4-3-5-7-20)23(33)16-34-25-30-29-24(32(25)27)18-8-10-19(26)11-9-18/h3-15,17,28H,16,27H2,1-2H3. The number of benzene rings is 3. The highest BCUT2D eigenvalue weighted by Gasteiger charge is 2.21. The van der Waals surface area contributed by atoms with Crippen LogP contribution in [0.1, 0.15) is 13.8 Å². The number of anilines is 3. The quantitative estimate of drug-likeness (QED) is 0.272. The van der Waals surface area contributed by atoms with Gasteiger partial charge in [-0.2, -0.15) is 0 Å². The molecular weight excluding hydrogens is 451 g/mol. The molecule has 0 bridgehead atoms. The first kappa shape index (κ1) is 23.3. The van der Waals surface area contributed by atoms with E-state index < -0.39 is 0 Å². The van der Waals surface area contributed by atoms with Crippen LogP contribution in [0.5, 0.6) is 0 Å². The van der Waals surface area contributed by atoms with Crippen molar-refractivity contribution in [2.24, 2.45) is 0 Å². The molecule has 3 N–H and O–H groups in total. The van der Waals surface area contributed by atoms with Crippen LogP contribution in [-0.2, 0) is 4.79 Å². The number of thioether (sulfide) groups is 1. The Labute approximate surface area is 201 Å². The van der Waals surface area contributed by atoms with Crippen molar-refractivity contribution < 1.29 is 9.18 Å². The van der Waals surface area contributed by atoms with Gasteiger partial charge in [-0.15, -0.1) is 10.2 Å². The Morgan fingerprint density at radius 3 is 2.29 bits per heavy atom. The van der Waals surface area contributed by atoms with Crippen LogP contribution in [0.25, 0.3) is 11.4 Å². The second kappa shape index (κ2) is 10.4. The Hall–Kier alpha value is -3.85. The number of carbonyl (C=O) groups excluding carboxylic acids is 1. The van der Waals surface area contributed by atoms with Crippen molar-refractivity contribution in [3.8, 4) is 11.4 Å². The van der Waals surface area contributed by atoms with E-state index in [0.717, 1.165) is 17.1 Å². The molecule has 4 aromatic rings. The lowest BCUT2D eigenvalue weighted by Crippen LogP contribution is -2.38. The maximum atomic E-state index is 13.2. The Bertz CT molecular complexity index is 1240. The first-order valence-electron chi connectivity index (χ1n) is 10.8. The van der Waals surface area contributed by atoms with E-state index in [1.165, 1.54) is 28.6 Å². The molecule has 0 unspecified atom stereocenters. The smallest absolute Gasteiger partial charge is 0.237 e. The lowest BCUT2D eigenvalue weighted by Gasteiger charge is -2.27. The molecule has 0 atom stereocenters. The van der Waals surface area contributed by atoms with Crippen molar-refractivity contribution in [2.45, 2.75) is 25.0 Å². The summed E-state index contributed by atoms with van der Waals surface area (Å²) in [6.07, 6.45) is 0. The van der Waals surface area contributed by atoms with Crippen LogP contribution in [0.15, 0.2) is 84.0 Å². The topological polar surface area (TPSA) is 89.1 Å². The van der Waals surface area contributed by atoms with Crippen LogP contribution in [0, 0.1) is 5.82 Å². The third kappa shape index (κ3) is 5.37. The fraction of sp³-hybridized carbons (Fsp3) is 0.160. The highest BCUT2D eigenvalue weighted by molar-refractivity contribution is 7.99. The zero-order valence-corrected chi connectivity index (χ0v) is 19.7. The molecule has 0 radical (unpaired) electrons. The number of nitrogens with two attached hydrogens (primary N) is 1. The number of hydrogen-bond donors (Lipinski definition) is 2. The molecular formula is C25H25FN6OS. The molecule has 174 valence electrons. The monoisotopic (exact) mass is 476 g/mol. The van der Waals surface area contributed by atoms with E-state index in [-0.39, 0.29) is 23.5 Å². The molecule has 0 aliphatic heterocycles. The predicted molar refractivity (Wildman–Crippen MR) is 135 cm³/mol. The van der Waals surface area contributed by atoms with Gasteiger partial charge in [0.1, 0.15) is 5.82 Å². The number of halogens is 1. The molecule has 34 heavy (non-hydrogen) atoms. The minimum atomic E-state index is -0.343. The van der Waals surface area contributed by atoms with E-state index in [1.54, 1.807) is 17.0 Å². The van der Waals surface area contributed by atoms with Gasteiger partial charge in [-0.1, -0.05) is 30.0 Å². The molecule has 0 spiro atoms. The van der Waals surface area contributed by atoms with E-state index >= 15 is 0 Å². The molecule has 1 aromatic heterocycles. The summed E-state index contributed by atoms with van der Waals surface area (Å²) in [7, 11) is 0. The third-order valence-corrected chi connectivity index (χ3v) is 6.01. The van der Waals surface area contributed by atoms with Crippen molar-refractivity contribution in [1.82, 2.24) is 14.9 Å². The van der Waals surface area contributed by atoms with Gasteiger partial charge in [0.25, 0.3) is 0 Å².